The van der Waals surface area contributed by atoms with Crippen LogP contribution in [0.25, 0.3) is 0 Å². The molecule has 0 aliphatic carbocycles. The van der Waals surface area contributed by atoms with E-state index >= 15 is 0 Å². The molecule has 2 amide bonds. The van der Waals surface area contributed by atoms with Gasteiger partial charge in [0.05, 0.1) is 19.1 Å². The van der Waals surface area contributed by atoms with Gasteiger partial charge in [-0.25, -0.2) is 4.39 Å². The third-order valence-electron chi connectivity index (χ3n) is 5.88. The van der Waals surface area contributed by atoms with Gasteiger partial charge in [0.1, 0.15) is 11.6 Å². The SMILES string of the molecule is COc1ccc([C@H]2[C@@H](C(=O)NC(C)C)c3ccccc3C(=O)N2Cc2ccc(F)cc2)cc1. The smallest absolute Gasteiger partial charge is 0.255 e. The van der Waals surface area contributed by atoms with Crippen molar-refractivity contribution in [1.82, 2.24) is 10.2 Å². The molecule has 2 atom stereocenters. The number of hydrogen-bond donors (Lipinski definition) is 1. The molecule has 0 bridgehead atoms. The zero-order valence-electron chi connectivity index (χ0n) is 18.9. The summed E-state index contributed by atoms with van der Waals surface area (Å²) in [5, 5.41) is 3.03. The van der Waals surface area contributed by atoms with Crippen LogP contribution in [0.4, 0.5) is 4.39 Å². The summed E-state index contributed by atoms with van der Waals surface area (Å²) >= 11 is 0. The van der Waals surface area contributed by atoms with Crippen LogP contribution in [-0.4, -0.2) is 29.9 Å². The average Bonchev–Trinajstić information content (AvgIpc) is 2.81. The highest BCUT2D eigenvalue weighted by molar-refractivity contribution is 6.01. The zero-order chi connectivity index (χ0) is 23.5. The van der Waals surface area contributed by atoms with Crippen LogP contribution in [0.3, 0.4) is 0 Å². The maximum Gasteiger partial charge on any atom is 0.255 e. The fraction of sp³-hybridized carbons (Fsp3) is 0.259. The van der Waals surface area contributed by atoms with E-state index in [0.29, 0.717) is 16.9 Å². The van der Waals surface area contributed by atoms with Gasteiger partial charge >= 0.3 is 0 Å². The lowest BCUT2D eigenvalue weighted by Crippen LogP contribution is -2.48. The van der Waals surface area contributed by atoms with Gasteiger partial charge in [-0.05, 0) is 60.9 Å². The van der Waals surface area contributed by atoms with E-state index in [9.17, 15) is 14.0 Å². The maximum absolute atomic E-state index is 13.7. The molecule has 0 saturated heterocycles. The van der Waals surface area contributed by atoms with Crippen molar-refractivity contribution in [3.8, 4) is 5.75 Å². The molecule has 1 N–H and O–H groups in total. The van der Waals surface area contributed by atoms with E-state index in [2.05, 4.69) is 5.32 Å². The fourth-order valence-electron chi connectivity index (χ4n) is 4.38. The first-order valence-electron chi connectivity index (χ1n) is 11.0. The number of benzene rings is 3. The molecule has 33 heavy (non-hydrogen) atoms. The number of nitrogens with one attached hydrogen (secondary N) is 1. The summed E-state index contributed by atoms with van der Waals surface area (Å²) in [4.78, 5) is 28.9. The molecule has 0 fully saturated rings. The molecule has 0 unspecified atom stereocenters. The van der Waals surface area contributed by atoms with Gasteiger partial charge < -0.3 is 15.0 Å². The van der Waals surface area contributed by atoms with Crippen molar-refractivity contribution >= 4 is 11.8 Å². The third kappa shape index (κ3) is 4.60. The lowest BCUT2D eigenvalue weighted by atomic mass is 9.78. The Labute approximate surface area is 193 Å². The van der Waals surface area contributed by atoms with Gasteiger partial charge in [0, 0.05) is 18.2 Å². The Morgan fingerprint density at radius 2 is 1.70 bits per heavy atom. The molecule has 4 rings (SSSR count). The number of halogens is 1. The number of rotatable bonds is 6. The molecule has 5 nitrogen and oxygen atoms in total. The topological polar surface area (TPSA) is 58.6 Å². The van der Waals surface area contributed by atoms with Crippen LogP contribution in [0.5, 0.6) is 5.75 Å². The largest absolute Gasteiger partial charge is 0.497 e. The van der Waals surface area contributed by atoms with Gasteiger partial charge in [-0.2, -0.15) is 0 Å². The van der Waals surface area contributed by atoms with E-state index in [0.717, 1.165) is 11.1 Å². The number of fused-ring (bicyclic) bond motifs is 1. The first-order valence-corrected chi connectivity index (χ1v) is 11.0. The zero-order valence-corrected chi connectivity index (χ0v) is 18.9. The minimum absolute atomic E-state index is 0.0515. The van der Waals surface area contributed by atoms with Crippen molar-refractivity contribution in [1.29, 1.82) is 0 Å². The molecule has 3 aromatic carbocycles. The summed E-state index contributed by atoms with van der Waals surface area (Å²) in [5.41, 5.74) is 2.82. The summed E-state index contributed by atoms with van der Waals surface area (Å²) in [6.07, 6.45) is 0. The second kappa shape index (κ2) is 9.45. The van der Waals surface area contributed by atoms with Crippen LogP contribution >= 0.6 is 0 Å². The number of methoxy groups -OCH3 is 1. The Bertz CT molecular complexity index is 1140. The second-order valence-corrected chi connectivity index (χ2v) is 8.51. The van der Waals surface area contributed by atoms with Gasteiger partial charge in [-0.1, -0.05) is 42.5 Å². The molecule has 0 aromatic heterocycles. The third-order valence-corrected chi connectivity index (χ3v) is 5.88. The summed E-state index contributed by atoms with van der Waals surface area (Å²) in [6, 6.07) is 20.2. The van der Waals surface area contributed by atoms with Gasteiger partial charge in [-0.3, -0.25) is 9.59 Å². The number of carbonyl (C=O) groups is 2. The molecule has 3 aromatic rings. The predicted molar refractivity (Wildman–Crippen MR) is 124 cm³/mol. The first-order chi connectivity index (χ1) is 15.9. The summed E-state index contributed by atoms with van der Waals surface area (Å²) < 4.78 is 18.8. The number of carbonyl (C=O) groups excluding carboxylic acids is 2. The van der Waals surface area contributed by atoms with Crippen molar-refractivity contribution in [2.24, 2.45) is 0 Å². The van der Waals surface area contributed by atoms with E-state index in [1.165, 1.54) is 12.1 Å². The number of ether oxygens (including phenoxy) is 1. The molecule has 1 heterocycles. The summed E-state index contributed by atoms with van der Waals surface area (Å²) in [6.45, 7) is 4.07. The van der Waals surface area contributed by atoms with Crippen LogP contribution in [0.1, 0.15) is 52.9 Å². The highest BCUT2D eigenvalue weighted by Gasteiger charge is 2.44. The van der Waals surface area contributed by atoms with Crippen molar-refractivity contribution in [2.75, 3.05) is 7.11 Å². The molecule has 170 valence electrons. The van der Waals surface area contributed by atoms with E-state index in [1.807, 2.05) is 50.2 Å². The van der Waals surface area contributed by atoms with E-state index in [-0.39, 0.29) is 30.2 Å². The van der Waals surface area contributed by atoms with Crippen LogP contribution < -0.4 is 10.1 Å². The highest BCUT2D eigenvalue weighted by atomic mass is 19.1. The van der Waals surface area contributed by atoms with Crippen molar-refractivity contribution in [3.05, 3.63) is 101 Å². The van der Waals surface area contributed by atoms with Gasteiger partial charge in [0.2, 0.25) is 5.91 Å². The highest BCUT2D eigenvalue weighted by Crippen LogP contribution is 2.44. The monoisotopic (exact) mass is 446 g/mol. The quantitative estimate of drug-likeness (QED) is 0.590. The van der Waals surface area contributed by atoms with Gasteiger partial charge in [0.25, 0.3) is 5.91 Å². The number of nitrogens with zero attached hydrogens (tertiary/aromatic N) is 1. The minimum Gasteiger partial charge on any atom is -0.497 e. The Kier molecular flexibility index (Phi) is 6.45. The average molecular weight is 447 g/mol. The number of hydrogen-bond acceptors (Lipinski definition) is 3. The van der Waals surface area contributed by atoms with Crippen LogP contribution in [0.15, 0.2) is 72.8 Å². The molecular weight excluding hydrogens is 419 g/mol. The summed E-state index contributed by atoms with van der Waals surface area (Å²) in [7, 11) is 1.59. The molecule has 0 saturated carbocycles. The molecule has 1 aliphatic heterocycles. The van der Waals surface area contributed by atoms with Crippen LogP contribution in [-0.2, 0) is 11.3 Å². The van der Waals surface area contributed by atoms with Gasteiger partial charge in [-0.15, -0.1) is 0 Å². The van der Waals surface area contributed by atoms with Crippen molar-refractivity contribution < 1.29 is 18.7 Å². The van der Waals surface area contributed by atoms with Crippen LogP contribution in [0.2, 0.25) is 0 Å². The Hall–Kier alpha value is -3.67. The molecular formula is C27H27FN2O3. The fourth-order valence-corrected chi connectivity index (χ4v) is 4.38. The lowest BCUT2D eigenvalue weighted by molar-refractivity contribution is -0.124. The Balaban J connectivity index is 1.86. The maximum atomic E-state index is 13.7. The first kappa shape index (κ1) is 22.5. The second-order valence-electron chi connectivity index (χ2n) is 8.51. The minimum atomic E-state index is -0.602. The molecule has 1 aliphatic rings. The van der Waals surface area contributed by atoms with Crippen LogP contribution in [0, 0.1) is 5.82 Å². The van der Waals surface area contributed by atoms with E-state index in [1.54, 1.807) is 36.3 Å². The van der Waals surface area contributed by atoms with E-state index < -0.39 is 12.0 Å². The standard InChI is InChI=1S/C27H27FN2O3/c1-17(2)29-26(31)24-22-6-4-5-7-23(22)27(32)30(16-18-8-12-20(28)13-9-18)25(24)19-10-14-21(33-3)15-11-19/h4-15,17,24-25H,16H2,1-3H3,(H,29,31)/t24-,25-/m0/s1. The Morgan fingerprint density at radius 3 is 2.33 bits per heavy atom. The molecule has 6 heteroatoms. The summed E-state index contributed by atoms with van der Waals surface area (Å²) in [5.74, 6) is -0.557. The Morgan fingerprint density at radius 1 is 1.03 bits per heavy atom. The molecule has 0 radical (unpaired) electrons. The lowest BCUT2D eigenvalue weighted by Gasteiger charge is -2.42. The normalized spacial score (nSPS) is 17.6. The van der Waals surface area contributed by atoms with Crippen molar-refractivity contribution in [2.45, 2.75) is 38.4 Å². The van der Waals surface area contributed by atoms with Gasteiger partial charge in [0.15, 0.2) is 0 Å². The molecule has 0 spiro atoms. The predicted octanol–water partition coefficient (Wildman–Crippen LogP) is 4.84. The number of amides is 2. The van der Waals surface area contributed by atoms with Crippen molar-refractivity contribution in [3.63, 3.8) is 0 Å². The van der Waals surface area contributed by atoms with E-state index in [4.69, 9.17) is 4.74 Å².